The molecule has 0 bridgehead atoms. The first-order valence-electron chi connectivity index (χ1n) is 5.54. The maximum absolute atomic E-state index is 13.3. The minimum atomic E-state index is -1.99. The fraction of sp³-hybridized carbons (Fsp3) is 0.0833. The van der Waals surface area contributed by atoms with E-state index >= 15 is 0 Å². The SMILES string of the molecule is N#Cc1cn(-c2cccc(F)c2)c(=O)n(SC(Cl)(Cl)Cl)c1=O. The molecular formula is C12H5Cl3FN3O2S. The molecule has 1 aromatic heterocycles. The zero-order valence-electron chi connectivity index (χ0n) is 10.5. The van der Waals surface area contributed by atoms with Gasteiger partial charge in [0.25, 0.3) is 8.68 Å². The number of nitriles is 1. The molecule has 2 aromatic rings. The Bertz CT molecular complexity index is 883. The van der Waals surface area contributed by atoms with E-state index in [4.69, 9.17) is 40.1 Å². The van der Waals surface area contributed by atoms with E-state index in [1.807, 2.05) is 0 Å². The van der Waals surface area contributed by atoms with Crippen molar-refractivity contribution >= 4 is 46.8 Å². The standard InChI is InChI=1S/C12H5Cl3FN3O2S/c13-12(14,15)22-19-10(20)7(5-17)6-18(11(19)21)9-3-1-2-8(16)4-9/h1-4,6H. The Hall–Kier alpha value is -1.46. The fourth-order valence-corrected chi connectivity index (χ4v) is 2.78. The predicted octanol–water partition coefficient (Wildman–Crippen LogP) is 2.83. The van der Waals surface area contributed by atoms with Gasteiger partial charge in [-0.2, -0.15) is 9.23 Å². The molecule has 0 aliphatic carbocycles. The number of rotatable bonds is 2. The van der Waals surface area contributed by atoms with E-state index in [2.05, 4.69) is 0 Å². The fourth-order valence-electron chi connectivity index (χ4n) is 1.61. The van der Waals surface area contributed by atoms with Crippen molar-refractivity contribution in [1.29, 1.82) is 5.26 Å². The maximum atomic E-state index is 13.3. The molecule has 0 unspecified atom stereocenters. The maximum Gasteiger partial charge on any atom is 0.346 e. The van der Waals surface area contributed by atoms with Gasteiger partial charge in [0.05, 0.1) is 5.69 Å². The number of aromatic nitrogens is 2. The van der Waals surface area contributed by atoms with Crippen LogP contribution in [0.1, 0.15) is 5.56 Å². The number of hydrogen-bond donors (Lipinski definition) is 0. The van der Waals surface area contributed by atoms with Gasteiger partial charge in [-0.3, -0.25) is 9.36 Å². The molecule has 1 heterocycles. The molecule has 0 spiro atoms. The Balaban J connectivity index is 2.77. The van der Waals surface area contributed by atoms with Gasteiger partial charge in [-0.25, -0.2) is 9.18 Å². The number of nitrogens with zero attached hydrogens (tertiary/aromatic N) is 3. The number of benzene rings is 1. The summed E-state index contributed by atoms with van der Waals surface area (Å²) in [5.41, 5.74) is -2.03. The third kappa shape index (κ3) is 3.65. The Labute approximate surface area is 142 Å². The molecule has 10 heteroatoms. The normalized spacial score (nSPS) is 11.2. The highest BCUT2D eigenvalue weighted by Gasteiger charge is 2.26. The first-order valence-corrected chi connectivity index (χ1v) is 7.44. The summed E-state index contributed by atoms with van der Waals surface area (Å²) >= 11 is 17.0. The highest BCUT2D eigenvalue weighted by molar-refractivity contribution is 8.03. The van der Waals surface area contributed by atoms with Crippen molar-refractivity contribution in [3.63, 3.8) is 0 Å². The molecule has 0 fully saturated rings. The van der Waals surface area contributed by atoms with Crippen LogP contribution in [0.2, 0.25) is 0 Å². The van der Waals surface area contributed by atoms with E-state index in [-0.39, 0.29) is 11.3 Å². The van der Waals surface area contributed by atoms with Crippen LogP contribution in [0.15, 0.2) is 40.1 Å². The summed E-state index contributed by atoms with van der Waals surface area (Å²) in [6.45, 7) is 0. The van der Waals surface area contributed by atoms with Crippen LogP contribution in [0, 0.1) is 17.1 Å². The average Bonchev–Trinajstić information content (AvgIpc) is 2.43. The van der Waals surface area contributed by atoms with Crippen LogP contribution in [0.3, 0.4) is 0 Å². The second kappa shape index (κ2) is 6.34. The Kier molecular flexibility index (Phi) is 4.87. The van der Waals surface area contributed by atoms with Gasteiger partial charge < -0.3 is 0 Å². The van der Waals surface area contributed by atoms with Crippen LogP contribution in [-0.2, 0) is 0 Å². The van der Waals surface area contributed by atoms with Crippen molar-refractivity contribution in [2.75, 3.05) is 0 Å². The first-order chi connectivity index (χ1) is 10.2. The molecule has 0 atom stereocenters. The van der Waals surface area contributed by atoms with Gasteiger partial charge in [-0.1, -0.05) is 40.9 Å². The van der Waals surface area contributed by atoms with E-state index in [0.29, 0.717) is 15.9 Å². The first kappa shape index (κ1) is 16.9. The molecule has 1 aromatic carbocycles. The van der Waals surface area contributed by atoms with Crippen molar-refractivity contribution in [1.82, 2.24) is 8.54 Å². The van der Waals surface area contributed by atoms with Crippen LogP contribution in [0.4, 0.5) is 4.39 Å². The molecule has 0 N–H and O–H groups in total. The van der Waals surface area contributed by atoms with Gasteiger partial charge in [0.2, 0.25) is 0 Å². The summed E-state index contributed by atoms with van der Waals surface area (Å²) in [5, 5.41) is 9.00. The van der Waals surface area contributed by atoms with Crippen molar-refractivity contribution < 1.29 is 4.39 Å². The molecule has 0 amide bonds. The van der Waals surface area contributed by atoms with E-state index in [0.717, 1.165) is 16.8 Å². The number of halogens is 4. The van der Waals surface area contributed by atoms with E-state index in [9.17, 15) is 14.0 Å². The van der Waals surface area contributed by atoms with Crippen molar-refractivity contribution in [2.45, 2.75) is 3.12 Å². The summed E-state index contributed by atoms with van der Waals surface area (Å²) in [6, 6.07) is 6.70. The smallest absolute Gasteiger partial charge is 0.267 e. The summed E-state index contributed by atoms with van der Waals surface area (Å²) in [5.74, 6) is -0.588. The Morgan fingerprint density at radius 2 is 1.95 bits per heavy atom. The molecule has 0 saturated carbocycles. The quantitative estimate of drug-likeness (QED) is 0.751. The van der Waals surface area contributed by atoms with Gasteiger partial charge >= 0.3 is 5.69 Å². The van der Waals surface area contributed by atoms with Gasteiger partial charge in [-0.15, -0.1) is 0 Å². The lowest BCUT2D eigenvalue weighted by atomic mass is 10.3. The zero-order valence-corrected chi connectivity index (χ0v) is 13.5. The summed E-state index contributed by atoms with van der Waals surface area (Å²) < 4.78 is 12.8. The van der Waals surface area contributed by atoms with Crippen LogP contribution in [0.5, 0.6) is 0 Å². The molecule has 114 valence electrons. The highest BCUT2D eigenvalue weighted by Crippen LogP contribution is 2.38. The zero-order chi connectivity index (χ0) is 16.5. The number of alkyl halides is 3. The molecule has 0 aliphatic rings. The molecular weight excluding hydrogens is 376 g/mol. The Morgan fingerprint density at radius 3 is 2.50 bits per heavy atom. The van der Waals surface area contributed by atoms with Crippen LogP contribution in [-0.4, -0.2) is 11.7 Å². The highest BCUT2D eigenvalue weighted by atomic mass is 35.6. The molecule has 0 aliphatic heterocycles. The van der Waals surface area contributed by atoms with E-state index in [1.54, 1.807) is 6.07 Å². The third-order valence-corrected chi connectivity index (χ3v) is 3.79. The van der Waals surface area contributed by atoms with E-state index in [1.165, 1.54) is 18.2 Å². The van der Waals surface area contributed by atoms with Crippen molar-refractivity contribution in [3.8, 4) is 11.8 Å². The molecule has 2 rings (SSSR count). The summed E-state index contributed by atoms with van der Waals surface area (Å²) in [7, 11) is 0. The topological polar surface area (TPSA) is 67.8 Å². The molecule has 5 nitrogen and oxygen atoms in total. The lowest BCUT2D eigenvalue weighted by Crippen LogP contribution is -2.38. The van der Waals surface area contributed by atoms with Crippen LogP contribution < -0.4 is 11.2 Å². The van der Waals surface area contributed by atoms with Crippen LogP contribution in [0.25, 0.3) is 5.69 Å². The number of hydrogen-bond acceptors (Lipinski definition) is 4. The monoisotopic (exact) mass is 379 g/mol. The van der Waals surface area contributed by atoms with Crippen LogP contribution >= 0.6 is 46.8 Å². The largest absolute Gasteiger partial charge is 0.346 e. The van der Waals surface area contributed by atoms with Gasteiger partial charge in [-0.05, 0) is 18.2 Å². The van der Waals surface area contributed by atoms with Crippen molar-refractivity contribution in [2.24, 2.45) is 0 Å². The third-order valence-electron chi connectivity index (χ3n) is 2.45. The molecule has 0 saturated heterocycles. The van der Waals surface area contributed by atoms with Gasteiger partial charge in [0.1, 0.15) is 17.4 Å². The van der Waals surface area contributed by atoms with Gasteiger partial charge in [0.15, 0.2) is 0 Å². The predicted molar refractivity (Wildman–Crippen MR) is 84.3 cm³/mol. The average molecular weight is 381 g/mol. The summed E-state index contributed by atoms with van der Waals surface area (Å²) in [4.78, 5) is 24.3. The van der Waals surface area contributed by atoms with Crippen molar-refractivity contribution in [3.05, 3.63) is 62.7 Å². The Morgan fingerprint density at radius 1 is 1.27 bits per heavy atom. The second-order valence-corrected chi connectivity index (χ2v) is 8.04. The van der Waals surface area contributed by atoms with Gasteiger partial charge in [0, 0.05) is 18.1 Å². The molecule has 22 heavy (non-hydrogen) atoms. The molecule has 0 radical (unpaired) electrons. The van der Waals surface area contributed by atoms with E-state index < -0.39 is 20.2 Å². The summed E-state index contributed by atoms with van der Waals surface area (Å²) in [6.07, 6.45) is 1.01. The lowest BCUT2D eigenvalue weighted by molar-refractivity contribution is 0.626. The lowest BCUT2D eigenvalue weighted by Gasteiger charge is -2.13. The minimum Gasteiger partial charge on any atom is -0.267 e. The minimum absolute atomic E-state index is 0.125. The second-order valence-electron chi connectivity index (χ2n) is 3.92.